The van der Waals surface area contributed by atoms with E-state index >= 15 is 0 Å². The number of nitrogens with one attached hydrogen (secondary N) is 1. The molecule has 1 aromatic carbocycles. The molecular formula is C20H27ClF3N3O2. The van der Waals surface area contributed by atoms with Crippen LogP contribution in [0.2, 0.25) is 5.02 Å². The Morgan fingerprint density at radius 1 is 1.17 bits per heavy atom. The number of unbranched alkanes of at least 4 members (excludes halogenated alkanes) is 1. The van der Waals surface area contributed by atoms with Gasteiger partial charge in [0.25, 0.3) is 0 Å². The first-order valence-electron chi connectivity index (χ1n) is 9.51. The molecule has 2 rings (SSSR count). The van der Waals surface area contributed by atoms with Gasteiger partial charge in [-0.3, -0.25) is 5.10 Å². The summed E-state index contributed by atoms with van der Waals surface area (Å²) >= 11 is 6.35. The van der Waals surface area contributed by atoms with Crippen LogP contribution in [0.3, 0.4) is 0 Å². The number of hydrogen-bond donors (Lipinski definition) is 1. The number of alkyl halides is 3. The predicted octanol–water partition coefficient (Wildman–Crippen LogP) is 5.40. The molecule has 0 aliphatic heterocycles. The molecule has 0 radical (unpaired) electrons. The fraction of sp³-hybridized carbons (Fsp3) is 0.550. The van der Waals surface area contributed by atoms with E-state index in [1.807, 2.05) is 7.05 Å². The second-order valence-corrected chi connectivity index (χ2v) is 7.28. The second kappa shape index (κ2) is 10.8. The van der Waals surface area contributed by atoms with Crippen molar-refractivity contribution in [2.24, 2.45) is 0 Å². The number of H-pyrrole nitrogens is 1. The number of aromatic amines is 1. The molecule has 0 amide bonds. The summed E-state index contributed by atoms with van der Waals surface area (Å²) in [5.74, 6) is -0.285. The van der Waals surface area contributed by atoms with Gasteiger partial charge in [0.1, 0.15) is 5.75 Å². The van der Waals surface area contributed by atoms with Gasteiger partial charge in [-0.1, -0.05) is 24.9 Å². The van der Waals surface area contributed by atoms with Gasteiger partial charge >= 0.3 is 6.18 Å². The van der Waals surface area contributed by atoms with Crippen molar-refractivity contribution in [3.8, 4) is 16.9 Å². The van der Waals surface area contributed by atoms with Crippen LogP contribution in [0.1, 0.15) is 37.4 Å². The van der Waals surface area contributed by atoms with Crippen molar-refractivity contribution in [2.75, 3.05) is 33.9 Å². The monoisotopic (exact) mass is 433 g/mol. The maximum Gasteiger partial charge on any atom is 0.419 e. The van der Waals surface area contributed by atoms with Crippen molar-refractivity contribution in [1.29, 1.82) is 0 Å². The summed E-state index contributed by atoms with van der Waals surface area (Å²) in [6, 6.07) is 2.26. The average Bonchev–Trinajstić information content (AvgIpc) is 3.10. The molecule has 9 heteroatoms. The summed E-state index contributed by atoms with van der Waals surface area (Å²) in [4.78, 5) is 2.09. The maximum absolute atomic E-state index is 13.6. The smallest absolute Gasteiger partial charge is 0.419 e. The van der Waals surface area contributed by atoms with Crippen LogP contribution >= 0.6 is 11.6 Å². The van der Waals surface area contributed by atoms with E-state index < -0.39 is 11.7 Å². The fourth-order valence-corrected chi connectivity index (χ4v) is 3.19. The predicted molar refractivity (Wildman–Crippen MR) is 107 cm³/mol. The summed E-state index contributed by atoms with van der Waals surface area (Å²) < 4.78 is 51.2. The van der Waals surface area contributed by atoms with Crippen molar-refractivity contribution in [3.05, 3.63) is 34.6 Å². The van der Waals surface area contributed by atoms with Gasteiger partial charge in [0.2, 0.25) is 0 Å². The third-order valence-corrected chi connectivity index (χ3v) is 4.77. The van der Waals surface area contributed by atoms with E-state index in [4.69, 9.17) is 21.1 Å². The SMILES string of the molecule is CCCCN(C)Cc1[nH]ncc1-c1cc(C(F)(F)F)c(OCCCOC)cc1Cl. The number of nitrogens with zero attached hydrogens (tertiary/aromatic N) is 2. The van der Waals surface area contributed by atoms with Gasteiger partial charge < -0.3 is 14.4 Å². The molecule has 162 valence electrons. The molecular weight excluding hydrogens is 407 g/mol. The Kier molecular flexibility index (Phi) is 8.79. The summed E-state index contributed by atoms with van der Waals surface area (Å²) in [7, 11) is 3.48. The third-order valence-electron chi connectivity index (χ3n) is 4.45. The molecule has 0 aliphatic carbocycles. The van der Waals surface area contributed by atoms with Crippen LogP contribution < -0.4 is 4.74 Å². The molecule has 1 aromatic heterocycles. The van der Waals surface area contributed by atoms with Gasteiger partial charge in [0.15, 0.2) is 0 Å². The summed E-state index contributed by atoms with van der Waals surface area (Å²) in [6.45, 7) is 4.02. The number of halogens is 4. The van der Waals surface area contributed by atoms with Crippen molar-refractivity contribution < 1.29 is 22.6 Å². The normalized spacial score (nSPS) is 12.0. The van der Waals surface area contributed by atoms with Gasteiger partial charge in [0.05, 0.1) is 29.1 Å². The first-order valence-corrected chi connectivity index (χ1v) is 9.89. The molecule has 5 nitrogen and oxygen atoms in total. The Morgan fingerprint density at radius 2 is 1.93 bits per heavy atom. The Balaban J connectivity index is 2.33. The van der Waals surface area contributed by atoms with Gasteiger partial charge in [-0.25, -0.2) is 0 Å². The molecule has 0 saturated heterocycles. The largest absolute Gasteiger partial charge is 0.493 e. The van der Waals surface area contributed by atoms with Gasteiger partial charge in [-0.05, 0) is 26.1 Å². The van der Waals surface area contributed by atoms with E-state index in [1.54, 1.807) is 0 Å². The zero-order valence-corrected chi connectivity index (χ0v) is 17.7. The average molecular weight is 434 g/mol. The van der Waals surface area contributed by atoms with E-state index in [9.17, 15) is 13.2 Å². The molecule has 1 N–H and O–H groups in total. The van der Waals surface area contributed by atoms with Crippen molar-refractivity contribution >= 4 is 11.6 Å². The van der Waals surface area contributed by atoms with E-state index in [2.05, 4.69) is 22.0 Å². The van der Waals surface area contributed by atoms with Gasteiger partial charge in [-0.2, -0.15) is 18.3 Å². The number of ether oxygens (including phenoxy) is 2. The first kappa shape index (κ1) is 23.5. The molecule has 0 atom stereocenters. The number of rotatable bonds is 11. The quantitative estimate of drug-likeness (QED) is 0.482. The lowest BCUT2D eigenvalue weighted by atomic mass is 10.0. The van der Waals surface area contributed by atoms with Crippen molar-refractivity contribution in [2.45, 2.75) is 38.9 Å². The molecule has 0 spiro atoms. The highest BCUT2D eigenvalue weighted by Gasteiger charge is 2.36. The summed E-state index contributed by atoms with van der Waals surface area (Å²) in [5.41, 5.74) is 0.679. The van der Waals surface area contributed by atoms with E-state index in [0.29, 0.717) is 30.8 Å². The standard InChI is InChI=1S/C20H27ClF3N3O2/c1-4-5-7-27(2)13-18-15(12-25-26-18)14-10-16(20(22,23)24)19(11-17(14)21)29-9-6-8-28-3/h10-12H,4-9,13H2,1-3H3,(H,25,26). The number of aromatic nitrogens is 2. The lowest BCUT2D eigenvalue weighted by Crippen LogP contribution is -2.19. The lowest BCUT2D eigenvalue weighted by molar-refractivity contribution is -0.138. The van der Waals surface area contributed by atoms with Crippen LogP contribution in [0.5, 0.6) is 5.75 Å². The Labute approximate surface area is 174 Å². The minimum atomic E-state index is -4.57. The molecule has 0 fully saturated rings. The molecule has 0 saturated carbocycles. The minimum absolute atomic E-state index is 0.103. The van der Waals surface area contributed by atoms with Crippen LogP contribution in [0.15, 0.2) is 18.3 Å². The summed E-state index contributed by atoms with van der Waals surface area (Å²) in [6.07, 6.45) is -0.495. The van der Waals surface area contributed by atoms with Crippen LogP contribution in [0.25, 0.3) is 11.1 Å². The van der Waals surface area contributed by atoms with Crippen LogP contribution in [0, 0.1) is 0 Å². The molecule has 29 heavy (non-hydrogen) atoms. The first-order chi connectivity index (χ1) is 13.8. The highest BCUT2D eigenvalue weighted by Crippen LogP contribution is 2.42. The number of benzene rings is 1. The number of hydrogen-bond acceptors (Lipinski definition) is 4. The van der Waals surface area contributed by atoms with Crippen LogP contribution in [-0.4, -0.2) is 49.0 Å². The van der Waals surface area contributed by atoms with Crippen LogP contribution in [0.4, 0.5) is 13.2 Å². The Hall–Kier alpha value is -1.77. The minimum Gasteiger partial charge on any atom is -0.493 e. The zero-order chi connectivity index (χ0) is 21.4. The molecule has 1 heterocycles. The second-order valence-electron chi connectivity index (χ2n) is 6.87. The van der Waals surface area contributed by atoms with Gasteiger partial charge in [-0.15, -0.1) is 0 Å². The van der Waals surface area contributed by atoms with Gasteiger partial charge in [0, 0.05) is 43.9 Å². The molecule has 2 aromatic rings. The zero-order valence-electron chi connectivity index (χ0n) is 16.9. The molecule has 0 bridgehead atoms. The highest BCUT2D eigenvalue weighted by atomic mass is 35.5. The Bertz CT molecular complexity index is 781. The maximum atomic E-state index is 13.6. The highest BCUT2D eigenvalue weighted by molar-refractivity contribution is 6.33. The fourth-order valence-electron chi connectivity index (χ4n) is 2.93. The van der Waals surface area contributed by atoms with E-state index in [0.717, 1.165) is 25.5 Å². The molecule has 0 aliphatic rings. The Morgan fingerprint density at radius 3 is 2.59 bits per heavy atom. The van der Waals surface area contributed by atoms with E-state index in [1.165, 1.54) is 19.4 Å². The topological polar surface area (TPSA) is 50.4 Å². The lowest BCUT2D eigenvalue weighted by Gasteiger charge is -2.18. The van der Waals surface area contributed by atoms with Crippen molar-refractivity contribution in [1.82, 2.24) is 15.1 Å². The van der Waals surface area contributed by atoms with Crippen LogP contribution in [-0.2, 0) is 17.5 Å². The summed E-state index contributed by atoms with van der Waals surface area (Å²) in [5, 5.41) is 7.08. The molecule has 0 unspecified atom stereocenters. The van der Waals surface area contributed by atoms with E-state index in [-0.39, 0.29) is 22.9 Å². The number of methoxy groups -OCH3 is 1. The van der Waals surface area contributed by atoms with Crippen molar-refractivity contribution in [3.63, 3.8) is 0 Å². The third kappa shape index (κ3) is 6.62.